The van der Waals surface area contributed by atoms with Gasteiger partial charge in [-0.05, 0) is 36.3 Å². The Morgan fingerprint density at radius 2 is 1.58 bits per heavy atom. The van der Waals surface area contributed by atoms with Gasteiger partial charge in [-0.3, -0.25) is 4.79 Å². The van der Waals surface area contributed by atoms with E-state index in [0.717, 1.165) is 26.4 Å². The molecular weight excluding hydrogens is 338 g/mol. The molecule has 0 aliphatic carbocycles. The van der Waals surface area contributed by atoms with Crippen molar-refractivity contribution < 1.29 is 4.79 Å². The monoisotopic (exact) mass is 355 g/mol. The molecule has 0 aliphatic rings. The average molecular weight is 355 g/mol. The van der Waals surface area contributed by atoms with Crippen LogP contribution in [0.25, 0.3) is 21.9 Å². The topological polar surface area (TPSA) is 30.0 Å². The molecule has 0 atom stereocenters. The number of carbonyl (C=O) groups is 1. The predicted octanol–water partition coefficient (Wildman–Crippen LogP) is 6.03. The molecule has 26 heavy (non-hydrogen) atoms. The van der Waals surface area contributed by atoms with Crippen LogP contribution in [0.1, 0.15) is 26.5 Å². The van der Waals surface area contributed by atoms with Crippen LogP contribution in [0, 0.1) is 6.92 Å². The molecule has 0 radical (unpaired) electrons. The zero-order valence-corrected chi connectivity index (χ0v) is 15.2. The van der Waals surface area contributed by atoms with Crippen LogP contribution < -0.4 is 0 Å². The van der Waals surface area contributed by atoms with Gasteiger partial charge in [0.05, 0.1) is 15.8 Å². The summed E-state index contributed by atoms with van der Waals surface area (Å²) in [5.41, 5.74) is 4.39. The van der Waals surface area contributed by atoms with Crippen LogP contribution in [0.5, 0.6) is 0 Å². The summed E-state index contributed by atoms with van der Waals surface area (Å²) in [6, 6.07) is 25.4. The zero-order valence-electron chi connectivity index (χ0n) is 14.3. The Labute approximate surface area is 156 Å². The van der Waals surface area contributed by atoms with Crippen LogP contribution in [0.15, 0.2) is 78.9 Å². The Bertz CT molecular complexity index is 1080. The highest BCUT2D eigenvalue weighted by atomic mass is 32.1. The molecule has 0 spiro atoms. The van der Waals surface area contributed by atoms with Gasteiger partial charge in [-0.25, -0.2) is 4.98 Å². The van der Waals surface area contributed by atoms with E-state index in [4.69, 9.17) is 4.98 Å². The van der Waals surface area contributed by atoms with Gasteiger partial charge in [-0.2, -0.15) is 0 Å². The maximum atomic E-state index is 13.2. The predicted molar refractivity (Wildman–Crippen MR) is 109 cm³/mol. The molecule has 0 saturated heterocycles. The number of para-hydroxylation sites is 1. The van der Waals surface area contributed by atoms with Crippen molar-refractivity contribution in [2.24, 2.45) is 0 Å². The normalized spacial score (nSPS) is 11.7. The first-order valence-corrected chi connectivity index (χ1v) is 9.27. The molecule has 2 nitrogen and oxygen atoms in total. The molecule has 4 aromatic rings. The third-order valence-corrected chi connectivity index (χ3v) is 5.36. The van der Waals surface area contributed by atoms with E-state index in [2.05, 4.69) is 13.0 Å². The Kier molecular flexibility index (Phi) is 4.46. The van der Waals surface area contributed by atoms with Crippen LogP contribution in [-0.4, -0.2) is 10.8 Å². The Hall–Kier alpha value is -3.04. The van der Waals surface area contributed by atoms with E-state index in [-0.39, 0.29) is 5.78 Å². The number of aryl methyl sites for hydroxylation is 1. The molecule has 0 bridgehead atoms. The lowest BCUT2D eigenvalue weighted by molar-refractivity contribution is 0.105. The number of benzene rings is 3. The van der Waals surface area contributed by atoms with Crippen molar-refractivity contribution >= 4 is 39.0 Å². The molecule has 4 rings (SSSR count). The van der Waals surface area contributed by atoms with E-state index in [1.54, 1.807) is 11.3 Å². The Balaban J connectivity index is 1.89. The van der Waals surface area contributed by atoms with Crippen molar-refractivity contribution in [3.05, 3.63) is 101 Å². The lowest BCUT2D eigenvalue weighted by Crippen LogP contribution is -2.02. The molecule has 0 amide bonds. The van der Waals surface area contributed by atoms with Crippen LogP contribution in [0.4, 0.5) is 0 Å². The second-order valence-corrected chi connectivity index (χ2v) is 7.13. The number of aromatic nitrogens is 1. The van der Waals surface area contributed by atoms with E-state index in [1.165, 1.54) is 0 Å². The van der Waals surface area contributed by atoms with Gasteiger partial charge in [-0.1, -0.05) is 66.7 Å². The minimum absolute atomic E-state index is 0.00657. The fourth-order valence-corrected chi connectivity index (χ4v) is 3.84. The molecule has 0 saturated carbocycles. The van der Waals surface area contributed by atoms with Crippen molar-refractivity contribution in [1.82, 2.24) is 4.98 Å². The number of fused-ring (bicyclic) bond motifs is 1. The van der Waals surface area contributed by atoms with E-state index < -0.39 is 0 Å². The van der Waals surface area contributed by atoms with Crippen molar-refractivity contribution in [2.45, 2.75) is 6.92 Å². The highest BCUT2D eigenvalue weighted by Gasteiger charge is 2.18. The molecule has 0 fully saturated rings. The van der Waals surface area contributed by atoms with Gasteiger partial charge < -0.3 is 0 Å². The molecule has 0 aliphatic heterocycles. The molecule has 1 aromatic heterocycles. The Morgan fingerprint density at radius 1 is 0.885 bits per heavy atom. The summed E-state index contributed by atoms with van der Waals surface area (Å²) >= 11 is 1.55. The van der Waals surface area contributed by atoms with Gasteiger partial charge in [0.1, 0.15) is 5.01 Å². The third kappa shape index (κ3) is 3.22. The number of hydrogen-bond acceptors (Lipinski definition) is 3. The second kappa shape index (κ2) is 7.06. The smallest absolute Gasteiger partial charge is 0.196 e. The van der Waals surface area contributed by atoms with E-state index in [0.29, 0.717) is 11.1 Å². The average Bonchev–Trinajstić information content (AvgIpc) is 3.11. The highest BCUT2D eigenvalue weighted by Crippen LogP contribution is 2.31. The summed E-state index contributed by atoms with van der Waals surface area (Å²) < 4.78 is 1.08. The number of Topliss-reactive ketones (excluding diaryl/α,β-unsaturated/α-hetero) is 1. The number of nitrogens with zero attached hydrogens (tertiary/aromatic N) is 1. The molecule has 0 N–H and O–H groups in total. The van der Waals surface area contributed by atoms with Gasteiger partial charge in [-0.15, -0.1) is 11.3 Å². The highest BCUT2D eigenvalue weighted by molar-refractivity contribution is 7.20. The molecule has 1 heterocycles. The molecular formula is C23H17NOS. The summed E-state index contributed by atoms with van der Waals surface area (Å²) in [7, 11) is 0. The molecule has 3 aromatic carbocycles. The number of thiazole rings is 1. The largest absolute Gasteiger partial charge is 0.288 e. The second-order valence-electron chi connectivity index (χ2n) is 6.10. The van der Waals surface area contributed by atoms with Crippen molar-refractivity contribution in [3.63, 3.8) is 0 Å². The van der Waals surface area contributed by atoms with Crippen LogP contribution in [0.3, 0.4) is 0 Å². The fraction of sp³-hybridized carbons (Fsp3) is 0.0435. The van der Waals surface area contributed by atoms with Gasteiger partial charge in [0.2, 0.25) is 0 Å². The number of hydrogen-bond donors (Lipinski definition) is 0. The van der Waals surface area contributed by atoms with Gasteiger partial charge in [0.15, 0.2) is 5.78 Å². The minimum atomic E-state index is -0.00657. The lowest BCUT2D eigenvalue weighted by atomic mass is 9.99. The summed E-state index contributed by atoms with van der Waals surface area (Å²) in [5, 5.41) is 0.753. The first-order chi connectivity index (χ1) is 12.7. The number of rotatable bonds is 4. The maximum absolute atomic E-state index is 13.2. The lowest BCUT2D eigenvalue weighted by Gasteiger charge is -2.06. The summed E-state index contributed by atoms with van der Waals surface area (Å²) in [6.07, 6.45) is 1.96. The van der Waals surface area contributed by atoms with Gasteiger partial charge >= 0.3 is 0 Å². The number of ketones is 1. The molecule has 3 heteroatoms. The third-order valence-electron chi connectivity index (χ3n) is 4.29. The van der Waals surface area contributed by atoms with Gasteiger partial charge in [0, 0.05) is 5.56 Å². The molecule has 0 unspecified atom stereocenters. The quantitative estimate of drug-likeness (QED) is 0.330. The SMILES string of the molecule is Cc1ccccc1C=C(C(=O)c1ccccc1)c1nc2ccccc2s1. The summed E-state index contributed by atoms with van der Waals surface area (Å²) in [6.45, 7) is 2.05. The first-order valence-electron chi connectivity index (χ1n) is 8.45. The van der Waals surface area contributed by atoms with Gasteiger partial charge in [0.25, 0.3) is 0 Å². The van der Waals surface area contributed by atoms with E-state index in [9.17, 15) is 4.79 Å². The van der Waals surface area contributed by atoms with Crippen molar-refractivity contribution in [3.8, 4) is 0 Å². The van der Waals surface area contributed by atoms with Crippen LogP contribution in [0.2, 0.25) is 0 Å². The van der Waals surface area contributed by atoms with Crippen molar-refractivity contribution in [1.29, 1.82) is 0 Å². The summed E-state index contributed by atoms with van der Waals surface area (Å²) in [5.74, 6) is -0.00657. The maximum Gasteiger partial charge on any atom is 0.196 e. The number of allylic oxidation sites excluding steroid dienone is 1. The number of carbonyl (C=O) groups excluding carboxylic acids is 1. The first kappa shape index (κ1) is 16.4. The van der Waals surface area contributed by atoms with E-state index >= 15 is 0 Å². The van der Waals surface area contributed by atoms with Crippen molar-refractivity contribution in [2.75, 3.05) is 0 Å². The summed E-state index contributed by atoms with van der Waals surface area (Å²) in [4.78, 5) is 18.0. The molecule has 126 valence electrons. The van der Waals surface area contributed by atoms with E-state index in [1.807, 2.05) is 78.9 Å². The van der Waals surface area contributed by atoms with Crippen LogP contribution in [-0.2, 0) is 0 Å². The fourth-order valence-electron chi connectivity index (χ4n) is 2.86. The minimum Gasteiger partial charge on any atom is -0.288 e. The standard InChI is InChI=1S/C23H17NOS/c1-16-9-5-6-12-18(16)15-19(22(25)17-10-3-2-4-11-17)23-24-20-13-7-8-14-21(20)26-23/h2-15H,1H3. The van der Waals surface area contributed by atoms with Crippen LogP contribution >= 0.6 is 11.3 Å². The zero-order chi connectivity index (χ0) is 17.9. The Morgan fingerprint density at radius 3 is 2.35 bits per heavy atom.